The SMILES string of the molecule is O=C(C1CC1)N1CCC(O)(Cn2cnc3c(cnn3-c3ccc(-c4cccc(N5CCCC5)c4)cc3)c2=O)CC1. The van der Waals surface area contributed by atoms with Gasteiger partial charge in [0, 0.05) is 37.8 Å². The highest BCUT2D eigenvalue weighted by atomic mass is 16.3. The molecule has 9 nitrogen and oxygen atoms in total. The first kappa shape index (κ1) is 25.0. The number of carbonyl (C=O) groups is 1. The molecule has 1 saturated carbocycles. The van der Waals surface area contributed by atoms with E-state index in [4.69, 9.17) is 0 Å². The number of aromatic nitrogens is 4. The molecule has 9 heteroatoms. The third-order valence-electron chi connectivity index (χ3n) is 8.71. The molecule has 0 radical (unpaired) electrons. The third-order valence-corrected chi connectivity index (χ3v) is 8.71. The van der Waals surface area contributed by atoms with Gasteiger partial charge in [-0.1, -0.05) is 24.3 Å². The van der Waals surface area contributed by atoms with Crippen LogP contribution in [0.3, 0.4) is 0 Å². The van der Waals surface area contributed by atoms with Crippen LogP contribution in [0.4, 0.5) is 5.69 Å². The van der Waals surface area contributed by atoms with Crippen molar-refractivity contribution in [3.05, 3.63) is 71.4 Å². The van der Waals surface area contributed by atoms with Crippen LogP contribution in [0.15, 0.2) is 65.8 Å². The maximum absolute atomic E-state index is 13.3. The number of amides is 1. The molecule has 1 aliphatic carbocycles. The number of aliphatic hydroxyl groups is 1. The van der Waals surface area contributed by atoms with Gasteiger partial charge in [-0.05, 0) is 73.9 Å². The second kappa shape index (κ2) is 9.89. The summed E-state index contributed by atoms with van der Waals surface area (Å²) in [5.41, 5.74) is 3.60. The predicted molar refractivity (Wildman–Crippen MR) is 153 cm³/mol. The highest BCUT2D eigenvalue weighted by Gasteiger charge is 2.39. The summed E-state index contributed by atoms with van der Waals surface area (Å²) in [7, 11) is 0. The highest BCUT2D eigenvalue weighted by Crippen LogP contribution is 2.33. The number of carbonyl (C=O) groups excluding carboxylic acids is 1. The zero-order chi connectivity index (χ0) is 27.3. The number of rotatable bonds is 6. The van der Waals surface area contributed by atoms with Gasteiger partial charge >= 0.3 is 0 Å². The fraction of sp³-hybridized carbons (Fsp3) is 0.419. The molecular weight excluding hydrogens is 504 g/mol. The van der Waals surface area contributed by atoms with E-state index in [-0.39, 0.29) is 23.9 Å². The topological polar surface area (TPSA) is 96.5 Å². The Morgan fingerprint density at radius 2 is 1.70 bits per heavy atom. The van der Waals surface area contributed by atoms with Crippen molar-refractivity contribution >= 4 is 22.6 Å². The van der Waals surface area contributed by atoms with Gasteiger partial charge in [-0.2, -0.15) is 5.10 Å². The van der Waals surface area contributed by atoms with Crippen LogP contribution < -0.4 is 10.5 Å². The molecule has 2 aromatic heterocycles. The normalized spacial score (nSPS) is 18.9. The van der Waals surface area contributed by atoms with E-state index in [0.29, 0.717) is 37.0 Å². The number of benzene rings is 2. The second-order valence-corrected chi connectivity index (χ2v) is 11.6. The van der Waals surface area contributed by atoms with E-state index in [0.717, 1.165) is 37.2 Å². The minimum Gasteiger partial charge on any atom is -0.388 e. The molecule has 7 rings (SSSR count). The molecule has 3 fully saturated rings. The molecule has 4 heterocycles. The molecule has 0 bridgehead atoms. The van der Waals surface area contributed by atoms with Gasteiger partial charge in [0.05, 0.1) is 24.0 Å². The number of likely N-dealkylation sites (tertiary alicyclic amines) is 1. The Morgan fingerprint density at radius 1 is 0.950 bits per heavy atom. The summed E-state index contributed by atoms with van der Waals surface area (Å²) in [5, 5.41) is 16.1. The molecule has 2 saturated heterocycles. The van der Waals surface area contributed by atoms with E-state index < -0.39 is 5.60 Å². The molecule has 0 spiro atoms. The summed E-state index contributed by atoms with van der Waals surface area (Å²) < 4.78 is 3.16. The zero-order valence-corrected chi connectivity index (χ0v) is 22.6. The molecule has 206 valence electrons. The van der Waals surface area contributed by atoms with Crippen molar-refractivity contribution in [2.75, 3.05) is 31.1 Å². The number of hydrogen-bond donors (Lipinski definition) is 1. The molecular formula is C31H34N6O3. The van der Waals surface area contributed by atoms with Crippen LogP contribution in [0, 0.1) is 5.92 Å². The van der Waals surface area contributed by atoms with Crippen LogP contribution >= 0.6 is 0 Å². The minimum atomic E-state index is -1.04. The van der Waals surface area contributed by atoms with E-state index >= 15 is 0 Å². The lowest BCUT2D eigenvalue weighted by molar-refractivity contribution is -0.137. The van der Waals surface area contributed by atoms with Crippen LogP contribution in [-0.4, -0.2) is 67.0 Å². The van der Waals surface area contributed by atoms with Crippen molar-refractivity contribution in [1.29, 1.82) is 0 Å². The summed E-state index contributed by atoms with van der Waals surface area (Å²) in [6.07, 6.45) is 8.40. The minimum absolute atomic E-state index is 0.149. The molecule has 40 heavy (non-hydrogen) atoms. The maximum atomic E-state index is 13.3. The van der Waals surface area contributed by atoms with Gasteiger partial charge in [0.1, 0.15) is 11.7 Å². The van der Waals surface area contributed by atoms with E-state index in [2.05, 4.69) is 51.4 Å². The average molecular weight is 539 g/mol. The molecule has 1 amide bonds. The van der Waals surface area contributed by atoms with Crippen molar-refractivity contribution in [1.82, 2.24) is 24.2 Å². The van der Waals surface area contributed by atoms with Crippen molar-refractivity contribution in [2.45, 2.75) is 50.7 Å². The number of hydrogen-bond acceptors (Lipinski definition) is 6. The number of anilines is 1. The largest absolute Gasteiger partial charge is 0.388 e. The van der Waals surface area contributed by atoms with Crippen LogP contribution in [0.5, 0.6) is 0 Å². The van der Waals surface area contributed by atoms with Crippen LogP contribution in [0.1, 0.15) is 38.5 Å². The van der Waals surface area contributed by atoms with Crippen molar-refractivity contribution < 1.29 is 9.90 Å². The quantitative estimate of drug-likeness (QED) is 0.403. The van der Waals surface area contributed by atoms with Gasteiger partial charge < -0.3 is 14.9 Å². The summed E-state index contributed by atoms with van der Waals surface area (Å²) in [6, 6.07) is 16.8. The van der Waals surface area contributed by atoms with E-state index in [1.165, 1.54) is 35.0 Å². The van der Waals surface area contributed by atoms with E-state index in [1.807, 2.05) is 17.0 Å². The summed E-state index contributed by atoms with van der Waals surface area (Å²) in [4.78, 5) is 34.6. The third kappa shape index (κ3) is 4.68. The first-order valence-electron chi connectivity index (χ1n) is 14.4. The Morgan fingerprint density at radius 3 is 2.42 bits per heavy atom. The Balaban J connectivity index is 1.08. The fourth-order valence-corrected chi connectivity index (χ4v) is 6.11. The highest BCUT2D eigenvalue weighted by molar-refractivity contribution is 5.81. The van der Waals surface area contributed by atoms with Gasteiger partial charge in [-0.3, -0.25) is 14.2 Å². The van der Waals surface area contributed by atoms with Crippen LogP contribution in [0.2, 0.25) is 0 Å². The molecule has 0 unspecified atom stereocenters. The Hall–Kier alpha value is -3.98. The van der Waals surface area contributed by atoms with Crippen molar-refractivity contribution in [3.63, 3.8) is 0 Å². The predicted octanol–water partition coefficient (Wildman–Crippen LogP) is 3.61. The standard InChI is InChI=1S/C31H34N6O3/c38-29(23-6-7-23)35-16-12-31(40,13-17-35)20-36-21-32-28-27(30(36)39)19-33-37(28)25-10-8-22(9-11-25)24-4-3-5-26(18-24)34-14-1-2-15-34/h3-5,8-11,18-19,21,23,40H,1-2,6-7,12-17,20H2. The molecule has 1 N–H and O–H groups in total. The molecule has 2 aliphatic heterocycles. The van der Waals surface area contributed by atoms with Gasteiger partial charge in [-0.15, -0.1) is 0 Å². The fourth-order valence-electron chi connectivity index (χ4n) is 6.11. The van der Waals surface area contributed by atoms with Crippen LogP contribution in [0.25, 0.3) is 27.8 Å². The summed E-state index contributed by atoms with van der Waals surface area (Å²) >= 11 is 0. The van der Waals surface area contributed by atoms with Gasteiger partial charge in [0.2, 0.25) is 5.91 Å². The van der Waals surface area contributed by atoms with Crippen molar-refractivity contribution in [2.24, 2.45) is 5.92 Å². The smallest absolute Gasteiger partial charge is 0.264 e. The lowest BCUT2D eigenvalue weighted by Gasteiger charge is -2.38. The maximum Gasteiger partial charge on any atom is 0.264 e. The second-order valence-electron chi connectivity index (χ2n) is 11.6. The molecule has 3 aliphatic rings. The average Bonchev–Trinajstić information content (AvgIpc) is 3.50. The zero-order valence-electron chi connectivity index (χ0n) is 22.6. The molecule has 2 aromatic carbocycles. The summed E-state index contributed by atoms with van der Waals surface area (Å²) in [6.45, 7) is 3.42. The van der Waals surface area contributed by atoms with E-state index in [9.17, 15) is 14.7 Å². The Labute approximate surface area is 232 Å². The molecule has 4 aromatic rings. The lowest BCUT2D eigenvalue weighted by atomic mass is 9.91. The number of nitrogens with zero attached hydrogens (tertiary/aromatic N) is 6. The van der Waals surface area contributed by atoms with Gasteiger partial charge in [-0.25, -0.2) is 9.67 Å². The number of piperidine rings is 1. The van der Waals surface area contributed by atoms with Gasteiger partial charge in [0.25, 0.3) is 5.56 Å². The monoisotopic (exact) mass is 538 g/mol. The van der Waals surface area contributed by atoms with Crippen molar-refractivity contribution in [3.8, 4) is 16.8 Å². The van der Waals surface area contributed by atoms with Gasteiger partial charge in [0.15, 0.2) is 5.65 Å². The Bertz CT molecular complexity index is 1610. The number of fused-ring (bicyclic) bond motifs is 1. The van der Waals surface area contributed by atoms with Crippen LogP contribution in [-0.2, 0) is 11.3 Å². The lowest BCUT2D eigenvalue weighted by Crippen LogP contribution is -2.50. The summed E-state index contributed by atoms with van der Waals surface area (Å²) in [5.74, 6) is 0.387. The first-order chi connectivity index (χ1) is 19.5. The molecule has 0 atom stereocenters. The first-order valence-corrected chi connectivity index (χ1v) is 14.4. The Kier molecular flexibility index (Phi) is 6.19. The van der Waals surface area contributed by atoms with E-state index in [1.54, 1.807) is 10.9 Å².